The minimum absolute atomic E-state index is 0.103. The molecule has 0 saturated carbocycles. The lowest BCUT2D eigenvalue weighted by Crippen LogP contribution is -2.44. The molecule has 0 radical (unpaired) electrons. The van der Waals surface area contributed by atoms with Gasteiger partial charge in [-0.25, -0.2) is 9.78 Å². The number of rotatable bonds is 7. The molecule has 4 aliphatic rings. The third-order valence-corrected chi connectivity index (χ3v) is 8.64. The fourth-order valence-corrected chi connectivity index (χ4v) is 6.33. The summed E-state index contributed by atoms with van der Waals surface area (Å²) in [5.74, 6) is 0.592. The maximum absolute atomic E-state index is 13.7. The van der Waals surface area contributed by atoms with Crippen LogP contribution in [0.3, 0.4) is 0 Å². The lowest BCUT2D eigenvalue weighted by molar-refractivity contribution is -0.172. The molecular formula is C29H33N5O6. The summed E-state index contributed by atoms with van der Waals surface area (Å²) in [5, 5.41) is 19.2. The molecule has 1 fully saturated rings. The van der Waals surface area contributed by atoms with Crippen LogP contribution in [-0.4, -0.2) is 71.6 Å². The molecule has 0 unspecified atom stereocenters. The summed E-state index contributed by atoms with van der Waals surface area (Å²) in [5.41, 5.74) is 2.53. The van der Waals surface area contributed by atoms with E-state index in [1.165, 1.54) is 0 Å². The first kappa shape index (κ1) is 25.5. The number of aliphatic hydroxyl groups is 1. The molecule has 1 saturated heterocycles. The first-order valence-corrected chi connectivity index (χ1v) is 14.0. The molecule has 6 heterocycles. The number of nitrogens with zero attached hydrogens (tertiary/aromatic N) is 3. The molecule has 40 heavy (non-hydrogen) atoms. The molecule has 3 N–H and O–H groups in total. The molecule has 3 aromatic rings. The number of aromatic nitrogens is 2. The summed E-state index contributed by atoms with van der Waals surface area (Å²) in [6.07, 6.45) is 1.14. The lowest BCUT2D eigenvalue weighted by Gasteiger charge is -2.31. The van der Waals surface area contributed by atoms with Crippen molar-refractivity contribution in [3.63, 3.8) is 0 Å². The second-order valence-corrected chi connectivity index (χ2v) is 10.9. The van der Waals surface area contributed by atoms with Crippen LogP contribution in [0.2, 0.25) is 0 Å². The number of fused-ring (bicyclic) bond motifs is 6. The summed E-state index contributed by atoms with van der Waals surface area (Å²) in [7, 11) is 0. The molecule has 0 bridgehead atoms. The first-order chi connectivity index (χ1) is 19.5. The van der Waals surface area contributed by atoms with E-state index in [0.29, 0.717) is 47.1 Å². The number of hydrogen-bond donors (Lipinski definition) is 3. The Kier molecular flexibility index (Phi) is 6.26. The van der Waals surface area contributed by atoms with Gasteiger partial charge in [-0.3, -0.25) is 4.79 Å². The Morgan fingerprint density at radius 2 is 1.90 bits per heavy atom. The van der Waals surface area contributed by atoms with Gasteiger partial charge in [-0.05, 0) is 43.6 Å². The van der Waals surface area contributed by atoms with E-state index in [0.717, 1.165) is 67.7 Å². The van der Waals surface area contributed by atoms with Crippen LogP contribution in [0.1, 0.15) is 42.0 Å². The monoisotopic (exact) mass is 547 g/mol. The van der Waals surface area contributed by atoms with E-state index in [-0.39, 0.29) is 25.4 Å². The zero-order chi connectivity index (χ0) is 27.4. The molecule has 2 aromatic heterocycles. The Labute approximate surface area is 231 Å². The molecule has 0 spiro atoms. The zero-order valence-electron chi connectivity index (χ0n) is 22.5. The normalized spacial score (nSPS) is 21.3. The highest BCUT2D eigenvalue weighted by Gasteiger charge is 2.45. The van der Waals surface area contributed by atoms with Gasteiger partial charge >= 0.3 is 5.97 Å². The van der Waals surface area contributed by atoms with Gasteiger partial charge in [0, 0.05) is 55.3 Å². The molecule has 1 atom stereocenters. The zero-order valence-corrected chi connectivity index (χ0v) is 22.5. The number of esters is 1. The Bertz CT molecular complexity index is 1580. The molecule has 11 heteroatoms. The van der Waals surface area contributed by atoms with Gasteiger partial charge in [0.25, 0.3) is 5.56 Å². The molecule has 4 aliphatic heterocycles. The number of carbonyl (C=O) groups is 1. The number of pyridine rings is 2. The third-order valence-electron chi connectivity index (χ3n) is 8.64. The van der Waals surface area contributed by atoms with Crippen LogP contribution in [0.4, 0.5) is 0 Å². The van der Waals surface area contributed by atoms with Gasteiger partial charge in [-0.1, -0.05) is 6.92 Å². The van der Waals surface area contributed by atoms with Crippen LogP contribution in [0.15, 0.2) is 23.0 Å². The molecule has 11 nitrogen and oxygen atoms in total. The number of hydrogen-bond acceptors (Lipinski definition) is 10. The second kappa shape index (κ2) is 9.84. The van der Waals surface area contributed by atoms with Crippen molar-refractivity contribution in [2.24, 2.45) is 0 Å². The van der Waals surface area contributed by atoms with Crippen molar-refractivity contribution in [3.8, 4) is 22.9 Å². The maximum atomic E-state index is 13.7. The molecule has 0 amide bonds. The standard InChI is InChI=1S/C29H33N5O6/c1-2-29(37)21-11-23-26-19(14-34(23)27(35)20(21)15-38-28(29)36)18(13-31-4-3-7-33-8-5-30-6-9-33)17-10-24-25(40-16-39-24)12-22(17)32-26/h10-12,30-31,37H,2-9,13-16H2,1H3/t29-/m0/s1. The Hall–Kier alpha value is -3.51. The smallest absolute Gasteiger partial charge is 0.343 e. The van der Waals surface area contributed by atoms with Crippen LogP contribution >= 0.6 is 0 Å². The van der Waals surface area contributed by atoms with Crippen molar-refractivity contribution in [1.82, 2.24) is 25.1 Å². The first-order valence-electron chi connectivity index (χ1n) is 14.0. The van der Waals surface area contributed by atoms with Crippen LogP contribution in [0, 0.1) is 0 Å². The average Bonchev–Trinajstić information content (AvgIpc) is 3.58. The maximum Gasteiger partial charge on any atom is 0.343 e. The summed E-state index contributed by atoms with van der Waals surface area (Å²) in [4.78, 5) is 33.7. The van der Waals surface area contributed by atoms with Crippen molar-refractivity contribution in [2.45, 2.75) is 45.1 Å². The van der Waals surface area contributed by atoms with Crippen LogP contribution < -0.4 is 25.7 Å². The number of cyclic esters (lactones) is 1. The van der Waals surface area contributed by atoms with E-state index in [2.05, 4.69) is 15.5 Å². The Morgan fingerprint density at radius 3 is 2.70 bits per heavy atom. The SMILES string of the molecule is CC[C@@]1(O)C(=O)OCc2c1cc1n(c2=O)Cc2c-1nc1cc3c(cc1c2CNCCCN1CCNCC1)OCO3. The second-order valence-electron chi connectivity index (χ2n) is 10.9. The van der Waals surface area contributed by atoms with Gasteiger partial charge in [0.2, 0.25) is 6.79 Å². The fourth-order valence-electron chi connectivity index (χ4n) is 6.33. The number of benzene rings is 1. The van der Waals surface area contributed by atoms with Gasteiger partial charge in [-0.15, -0.1) is 0 Å². The highest BCUT2D eigenvalue weighted by Crippen LogP contribution is 2.43. The van der Waals surface area contributed by atoms with Gasteiger partial charge in [0.15, 0.2) is 17.1 Å². The van der Waals surface area contributed by atoms with Gasteiger partial charge in [-0.2, -0.15) is 0 Å². The molecule has 7 rings (SSSR count). The molecule has 1 aromatic carbocycles. The van der Waals surface area contributed by atoms with Crippen LogP contribution in [0.5, 0.6) is 11.5 Å². The average molecular weight is 548 g/mol. The topological polar surface area (TPSA) is 127 Å². The van der Waals surface area contributed by atoms with E-state index < -0.39 is 11.6 Å². The van der Waals surface area contributed by atoms with E-state index in [1.54, 1.807) is 17.6 Å². The van der Waals surface area contributed by atoms with E-state index in [9.17, 15) is 14.7 Å². The number of carbonyl (C=O) groups excluding carboxylic acids is 1. The third kappa shape index (κ3) is 3.99. The van der Waals surface area contributed by atoms with Crippen molar-refractivity contribution in [3.05, 3.63) is 50.8 Å². The quantitative estimate of drug-likeness (QED) is 0.229. The van der Waals surface area contributed by atoms with E-state index >= 15 is 0 Å². The van der Waals surface area contributed by atoms with Crippen molar-refractivity contribution in [2.75, 3.05) is 46.1 Å². The highest BCUT2D eigenvalue weighted by molar-refractivity contribution is 5.91. The van der Waals surface area contributed by atoms with E-state index in [1.807, 2.05) is 12.1 Å². The summed E-state index contributed by atoms with van der Waals surface area (Å²) in [6, 6.07) is 5.61. The minimum atomic E-state index is -1.86. The lowest BCUT2D eigenvalue weighted by atomic mass is 9.86. The van der Waals surface area contributed by atoms with Gasteiger partial charge in [0.1, 0.15) is 6.61 Å². The minimum Gasteiger partial charge on any atom is -0.458 e. The molecule has 0 aliphatic carbocycles. The van der Waals surface area contributed by atoms with Gasteiger partial charge < -0.3 is 39.4 Å². The summed E-state index contributed by atoms with van der Waals surface area (Å²) >= 11 is 0. The van der Waals surface area contributed by atoms with Crippen molar-refractivity contribution in [1.29, 1.82) is 0 Å². The fraction of sp³-hybridized carbons (Fsp3) is 0.483. The molecule has 210 valence electrons. The van der Waals surface area contributed by atoms with Crippen molar-refractivity contribution < 1.29 is 24.1 Å². The van der Waals surface area contributed by atoms with Crippen LogP contribution in [-0.2, 0) is 34.8 Å². The van der Waals surface area contributed by atoms with Gasteiger partial charge in [0.05, 0.1) is 29.0 Å². The van der Waals surface area contributed by atoms with Crippen LogP contribution in [0.25, 0.3) is 22.3 Å². The summed E-state index contributed by atoms with van der Waals surface area (Å²) in [6.45, 7) is 8.83. The largest absolute Gasteiger partial charge is 0.458 e. The Morgan fingerprint density at radius 1 is 1.10 bits per heavy atom. The van der Waals surface area contributed by atoms with E-state index in [4.69, 9.17) is 19.2 Å². The highest BCUT2D eigenvalue weighted by atomic mass is 16.7. The van der Waals surface area contributed by atoms with Crippen molar-refractivity contribution >= 4 is 16.9 Å². The predicted molar refractivity (Wildman–Crippen MR) is 146 cm³/mol. The Balaban J connectivity index is 1.27. The number of ether oxygens (including phenoxy) is 3. The predicted octanol–water partition coefficient (Wildman–Crippen LogP) is 1.19. The summed E-state index contributed by atoms with van der Waals surface area (Å²) < 4.78 is 18.2. The number of nitrogens with one attached hydrogen (secondary N) is 2. The molecular weight excluding hydrogens is 514 g/mol. The number of piperazine rings is 1.